The zero-order valence-electron chi connectivity index (χ0n) is 11.4. The lowest BCUT2D eigenvalue weighted by molar-refractivity contribution is -0.133. The number of thioether (sulfide) groups is 1. The highest BCUT2D eigenvalue weighted by Gasteiger charge is 2.12. The van der Waals surface area contributed by atoms with Crippen LogP contribution >= 0.6 is 23.4 Å². The minimum absolute atomic E-state index is 0.0279. The second-order valence-electron chi connectivity index (χ2n) is 4.19. The molecule has 2 N–H and O–H groups in total. The molecule has 0 aliphatic carbocycles. The Labute approximate surface area is 131 Å². The number of anilines is 1. The first-order chi connectivity index (χ1) is 10.1. The highest BCUT2D eigenvalue weighted by molar-refractivity contribution is 7.99. The van der Waals surface area contributed by atoms with E-state index in [4.69, 9.17) is 16.7 Å². The molecule has 6 nitrogen and oxygen atoms in total. The van der Waals surface area contributed by atoms with Crippen LogP contribution in [0.3, 0.4) is 0 Å². The number of halogens is 1. The number of rotatable bonds is 7. The SMILES string of the molecule is CCn1c(CNc2cccc(Cl)c2)nnc1SCC(=O)O. The van der Waals surface area contributed by atoms with E-state index in [2.05, 4.69) is 15.5 Å². The molecular weight excluding hydrogens is 312 g/mol. The number of hydrogen-bond acceptors (Lipinski definition) is 5. The van der Waals surface area contributed by atoms with Crippen molar-refractivity contribution in [1.29, 1.82) is 0 Å². The monoisotopic (exact) mass is 326 g/mol. The number of nitrogens with zero attached hydrogens (tertiary/aromatic N) is 3. The van der Waals surface area contributed by atoms with Gasteiger partial charge in [0.25, 0.3) is 0 Å². The molecule has 0 saturated heterocycles. The van der Waals surface area contributed by atoms with Crippen molar-refractivity contribution in [2.75, 3.05) is 11.1 Å². The van der Waals surface area contributed by atoms with E-state index < -0.39 is 5.97 Å². The molecule has 0 aliphatic rings. The van der Waals surface area contributed by atoms with Gasteiger partial charge in [-0.05, 0) is 25.1 Å². The van der Waals surface area contributed by atoms with Crippen LogP contribution in [0.1, 0.15) is 12.7 Å². The fraction of sp³-hybridized carbons (Fsp3) is 0.308. The van der Waals surface area contributed by atoms with Crippen molar-refractivity contribution in [2.24, 2.45) is 0 Å². The van der Waals surface area contributed by atoms with Crippen molar-refractivity contribution >= 4 is 35.0 Å². The molecule has 8 heteroatoms. The van der Waals surface area contributed by atoms with Crippen molar-refractivity contribution in [3.05, 3.63) is 35.1 Å². The third-order valence-electron chi connectivity index (χ3n) is 2.71. The Kier molecular flexibility index (Phi) is 5.46. The normalized spacial score (nSPS) is 10.6. The minimum Gasteiger partial charge on any atom is -0.481 e. The molecule has 2 aromatic rings. The first-order valence-electron chi connectivity index (χ1n) is 6.36. The van der Waals surface area contributed by atoms with Gasteiger partial charge in [0.1, 0.15) is 0 Å². The summed E-state index contributed by atoms with van der Waals surface area (Å²) in [4.78, 5) is 10.6. The molecule has 1 heterocycles. The zero-order chi connectivity index (χ0) is 15.2. The van der Waals surface area contributed by atoms with Gasteiger partial charge in [0.05, 0.1) is 12.3 Å². The molecule has 2 rings (SSSR count). The molecule has 1 aromatic carbocycles. The summed E-state index contributed by atoms with van der Waals surface area (Å²) >= 11 is 7.09. The predicted molar refractivity (Wildman–Crippen MR) is 82.8 cm³/mol. The molecule has 0 bridgehead atoms. The molecule has 0 unspecified atom stereocenters. The van der Waals surface area contributed by atoms with Gasteiger partial charge < -0.3 is 15.0 Å². The smallest absolute Gasteiger partial charge is 0.313 e. The predicted octanol–water partition coefficient (Wildman–Crippen LogP) is 2.74. The Morgan fingerprint density at radius 3 is 2.95 bits per heavy atom. The fourth-order valence-corrected chi connectivity index (χ4v) is 2.71. The average Bonchev–Trinajstić information content (AvgIpc) is 2.85. The molecule has 0 spiro atoms. The van der Waals surface area contributed by atoms with Crippen LogP contribution in [-0.4, -0.2) is 31.6 Å². The Balaban J connectivity index is 2.04. The molecule has 0 radical (unpaired) electrons. The first-order valence-corrected chi connectivity index (χ1v) is 7.72. The lowest BCUT2D eigenvalue weighted by Gasteiger charge is -2.09. The molecule has 0 saturated carbocycles. The third-order valence-corrected chi connectivity index (χ3v) is 3.90. The van der Waals surface area contributed by atoms with Gasteiger partial charge in [-0.1, -0.05) is 29.4 Å². The van der Waals surface area contributed by atoms with E-state index in [1.54, 1.807) is 0 Å². The van der Waals surface area contributed by atoms with Crippen molar-refractivity contribution in [3.63, 3.8) is 0 Å². The van der Waals surface area contributed by atoms with Gasteiger partial charge in [-0.15, -0.1) is 10.2 Å². The highest BCUT2D eigenvalue weighted by atomic mass is 35.5. The maximum absolute atomic E-state index is 10.6. The van der Waals surface area contributed by atoms with Gasteiger partial charge in [0, 0.05) is 17.3 Å². The number of carboxylic acid groups (broad SMARTS) is 1. The number of carboxylic acids is 1. The van der Waals surface area contributed by atoms with Gasteiger partial charge in [0.2, 0.25) is 0 Å². The molecule has 0 fully saturated rings. The molecule has 112 valence electrons. The van der Waals surface area contributed by atoms with Crippen molar-refractivity contribution in [2.45, 2.75) is 25.2 Å². The summed E-state index contributed by atoms with van der Waals surface area (Å²) in [6, 6.07) is 7.41. The first kappa shape index (κ1) is 15.7. The number of aliphatic carboxylic acids is 1. The Bertz CT molecular complexity index is 632. The lowest BCUT2D eigenvalue weighted by Crippen LogP contribution is -2.09. The molecule has 0 amide bonds. The van der Waals surface area contributed by atoms with E-state index in [9.17, 15) is 4.79 Å². The zero-order valence-corrected chi connectivity index (χ0v) is 13.0. The molecule has 0 aliphatic heterocycles. The second kappa shape index (κ2) is 7.33. The van der Waals surface area contributed by atoms with Crippen molar-refractivity contribution in [3.8, 4) is 0 Å². The second-order valence-corrected chi connectivity index (χ2v) is 5.57. The van der Waals surface area contributed by atoms with Crippen LogP contribution in [-0.2, 0) is 17.9 Å². The quantitative estimate of drug-likeness (QED) is 0.762. The largest absolute Gasteiger partial charge is 0.481 e. The summed E-state index contributed by atoms with van der Waals surface area (Å²) < 4.78 is 1.89. The summed E-state index contributed by atoms with van der Waals surface area (Å²) in [6.45, 7) is 3.15. The number of aromatic nitrogens is 3. The molecular formula is C13H15ClN4O2S. The summed E-state index contributed by atoms with van der Waals surface area (Å²) in [5.41, 5.74) is 0.896. The van der Waals surface area contributed by atoms with Gasteiger partial charge >= 0.3 is 5.97 Å². The molecule has 1 aromatic heterocycles. The van der Waals surface area contributed by atoms with E-state index in [1.165, 1.54) is 11.8 Å². The van der Waals surface area contributed by atoms with Crippen molar-refractivity contribution in [1.82, 2.24) is 14.8 Å². The Morgan fingerprint density at radius 2 is 2.29 bits per heavy atom. The third kappa shape index (κ3) is 4.37. The molecule has 0 atom stereocenters. The number of nitrogens with one attached hydrogen (secondary N) is 1. The number of hydrogen-bond donors (Lipinski definition) is 2. The Hall–Kier alpha value is -1.73. The number of carbonyl (C=O) groups is 1. The minimum atomic E-state index is -0.871. The van der Waals surface area contributed by atoms with Crippen LogP contribution < -0.4 is 5.32 Å². The van der Waals surface area contributed by atoms with Gasteiger partial charge in [-0.3, -0.25) is 4.79 Å². The summed E-state index contributed by atoms with van der Waals surface area (Å²) in [5, 5.41) is 21.4. The van der Waals surface area contributed by atoms with Crippen molar-refractivity contribution < 1.29 is 9.90 Å². The van der Waals surface area contributed by atoms with Crippen LogP contribution in [0.25, 0.3) is 0 Å². The highest BCUT2D eigenvalue weighted by Crippen LogP contribution is 2.19. The maximum Gasteiger partial charge on any atom is 0.313 e. The van der Waals surface area contributed by atoms with Crippen LogP contribution in [0.4, 0.5) is 5.69 Å². The van der Waals surface area contributed by atoms with Gasteiger partial charge in [-0.25, -0.2) is 0 Å². The van der Waals surface area contributed by atoms with Crippen LogP contribution in [0.2, 0.25) is 5.02 Å². The topological polar surface area (TPSA) is 80.0 Å². The maximum atomic E-state index is 10.6. The number of benzene rings is 1. The summed E-state index contributed by atoms with van der Waals surface area (Å²) in [5.74, 6) is -0.144. The van der Waals surface area contributed by atoms with Gasteiger partial charge in [0.15, 0.2) is 11.0 Å². The van der Waals surface area contributed by atoms with E-state index in [-0.39, 0.29) is 5.75 Å². The van der Waals surface area contributed by atoms with Crippen LogP contribution in [0, 0.1) is 0 Å². The summed E-state index contributed by atoms with van der Waals surface area (Å²) in [6.07, 6.45) is 0. The van der Waals surface area contributed by atoms with E-state index in [0.717, 1.165) is 11.5 Å². The van der Waals surface area contributed by atoms with E-state index >= 15 is 0 Å². The van der Waals surface area contributed by atoms with Gasteiger partial charge in [-0.2, -0.15) is 0 Å². The summed E-state index contributed by atoms with van der Waals surface area (Å²) in [7, 11) is 0. The van der Waals surface area contributed by atoms with E-state index in [0.29, 0.717) is 23.3 Å². The van der Waals surface area contributed by atoms with Crippen LogP contribution in [0.5, 0.6) is 0 Å². The van der Waals surface area contributed by atoms with E-state index in [1.807, 2.05) is 35.8 Å². The molecule has 21 heavy (non-hydrogen) atoms. The fourth-order valence-electron chi connectivity index (χ4n) is 1.78. The Morgan fingerprint density at radius 1 is 1.48 bits per heavy atom. The average molecular weight is 327 g/mol. The van der Waals surface area contributed by atoms with Crippen LogP contribution in [0.15, 0.2) is 29.4 Å². The standard InChI is InChI=1S/C13H15ClN4O2S/c1-2-18-11(16-17-13(18)21-8-12(19)20)7-15-10-5-3-4-9(14)6-10/h3-6,15H,2,7-8H2,1H3,(H,19,20). The lowest BCUT2D eigenvalue weighted by atomic mass is 10.3.